The fourth-order valence-electron chi connectivity index (χ4n) is 2.52. The normalized spacial score (nSPS) is 16.9. The number of furan rings is 1. The molecule has 3 rings (SSSR count). The van der Waals surface area contributed by atoms with Gasteiger partial charge in [0.25, 0.3) is 0 Å². The molecule has 4 heteroatoms. The SMILES string of the molecule is CC(Nc1ccccc1N1CCOCC1)c1ccco1. The van der Waals surface area contributed by atoms with Gasteiger partial charge in [-0.05, 0) is 31.2 Å². The predicted molar refractivity (Wildman–Crippen MR) is 80.2 cm³/mol. The van der Waals surface area contributed by atoms with Gasteiger partial charge in [-0.15, -0.1) is 0 Å². The van der Waals surface area contributed by atoms with Crippen LogP contribution < -0.4 is 10.2 Å². The molecule has 20 heavy (non-hydrogen) atoms. The van der Waals surface area contributed by atoms with Gasteiger partial charge >= 0.3 is 0 Å². The van der Waals surface area contributed by atoms with E-state index in [9.17, 15) is 0 Å². The summed E-state index contributed by atoms with van der Waals surface area (Å²) >= 11 is 0. The Morgan fingerprint density at radius 2 is 1.90 bits per heavy atom. The van der Waals surface area contributed by atoms with Crippen molar-refractivity contribution in [3.63, 3.8) is 0 Å². The molecule has 0 amide bonds. The zero-order valence-corrected chi connectivity index (χ0v) is 11.7. The smallest absolute Gasteiger partial charge is 0.125 e. The van der Waals surface area contributed by atoms with Crippen molar-refractivity contribution in [3.8, 4) is 0 Å². The third-order valence-electron chi connectivity index (χ3n) is 3.60. The molecule has 0 spiro atoms. The highest BCUT2D eigenvalue weighted by molar-refractivity contribution is 5.70. The van der Waals surface area contributed by atoms with Gasteiger partial charge in [0.1, 0.15) is 5.76 Å². The number of hydrogen-bond acceptors (Lipinski definition) is 4. The number of rotatable bonds is 4. The molecule has 2 aromatic rings. The Bertz CT molecular complexity index is 533. The zero-order valence-electron chi connectivity index (χ0n) is 11.7. The maximum absolute atomic E-state index is 5.46. The van der Waals surface area contributed by atoms with Crippen LogP contribution in [0.25, 0.3) is 0 Å². The Morgan fingerprint density at radius 3 is 2.65 bits per heavy atom. The van der Waals surface area contributed by atoms with E-state index in [1.165, 1.54) is 5.69 Å². The van der Waals surface area contributed by atoms with Crippen molar-refractivity contribution in [2.24, 2.45) is 0 Å². The van der Waals surface area contributed by atoms with E-state index in [2.05, 4.69) is 41.4 Å². The summed E-state index contributed by atoms with van der Waals surface area (Å²) < 4.78 is 10.9. The van der Waals surface area contributed by atoms with Crippen LogP contribution in [0.4, 0.5) is 11.4 Å². The standard InChI is InChI=1S/C16H20N2O2/c1-13(16-7-4-10-20-16)17-14-5-2-3-6-15(14)18-8-11-19-12-9-18/h2-7,10,13,17H,8-9,11-12H2,1H3. The van der Waals surface area contributed by atoms with Crippen LogP contribution in [0.15, 0.2) is 47.1 Å². The minimum absolute atomic E-state index is 0.146. The van der Waals surface area contributed by atoms with Crippen LogP contribution in [0.5, 0.6) is 0 Å². The Balaban J connectivity index is 1.78. The van der Waals surface area contributed by atoms with Crippen molar-refractivity contribution in [2.75, 3.05) is 36.5 Å². The number of ether oxygens (including phenoxy) is 1. The number of morpholine rings is 1. The van der Waals surface area contributed by atoms with E-state index in [1.807, 2.05) is 12.1 Å². The molecule has 1 unspecified atom stereocenters. The van der Waals surface area contributed by atoms with E-state index in [1.54, 1.807) is 6.26 Å². The van der Waals surface area contributed by atoms with Gasteiger partial charge in [0, 0.05) is 13.1 Å². The fourth-order valence-corrected chi connectivity index (χ4v) is 2.52. The second-order valence-corrected chi connectivity index (χ2v) is 5.00. The molecular weight excluding hydrogens is 252 g/mol. The Morgan fingerprint density at radius 1 is 1.10 bits per heavy atom. The maximum Gasteiger partial charge on any atom is 0.125 e. The second kappa shape index (κ2) is 6.01. The molecule has 2 heterocycles. The van der Waals surface area contributed by atoms with Crippen LogP contribution in [0.3, 0.4) is 0 Å². The molecule has 1 aliphatic heterocycles. The molecule has 0 saturated carbocycles. The lowest BCUT2D eigenvalue weighted by molar-refractivity contribution is 0.123. The molecule has 0 radical (unpaired) electrons. The van der Waals surface area contributed by atoms with Gasteiger partial charge in [-0.2, -0.15) is 0 Å². The lowest BCUT2D eigenvalue weighted by Gasteiger charge is -2.31. The summed E-state index contributed by atoms with van der Waals surface area (Å²) in [7, 11) is 0. The van der Waals surface area contributed by atoms with Crippen molar-refractivity contribution >= 4 is 11.4 Å². The van der Waals surface area contributed by atoms with Crippen molar-refractivity contribution in [1.29, 1.82) is 0 Å². The number of nitrogens with one attached hydrogen (secondary N) is 1. The van der Waals surface area contributed by atoms with E-state index in [0.29, 0.717) is 0 Å². The Hall–Kier alpha value is -1.94. The largest absolute Gasteiger partial charge is 0.467 e. The van der Waals surface area contributed by atoms with Crippen molar-refractivity contribution in [1.82, 2.24) is 0 Å². The van der Waals surface area contributed by atoms with E-state index in [4.69, 9.17) is 9.15 Å². The first-order valence-electron chi connectivity index (χ1n) is 7.06. The summed E-state index contributed by atoms with van der Waals surface area (Å²) in [5.74, 6) is 0.946. The molecular formula is C16H20N2O2. The fraction of sp³-hybridized carbons (Fsp3) is 0.375. The third kappa shape index (κ3) is 2.80. The molecule has 1 aliphatic rings. The molecule has 1 aromatic carbocycles. The minimum Gasteiger partial charge on any atom is -0.467 e. The lowest BCUT2D eigenvalue weighted by atomic mass is 10.2. The quantitative estimate of drug-likeness (QED) is 0.926. The topological polar surface area (TPSA) is 37.6 Å². The minimum atomic E-state index is 0.146. The number of hydrogen-bond donors (Lipinski definition) is 1. The first kappa shape index (κ1) is 13.1. The monoisotopic (exact) mass is 272 g/mol. The molecule has 106 valence electrons. The summed E-state index contributed by atoms with van der Waals surface area (Å²) in [6.07, 6.45) is 1.71. The summed E-state index contributed by atoms with van der Waals surface area (Å²) in [6, 6.07) is 12.5. The van der Waals surface area contributed by atoms with Gasteiger partial charge in [-0.1, -0.05) is 12.1 Å². The van der Waals surface area contributed by atoms with Crippen LogP contribution in [0.2, 0.25) is 0 Å². The number of benzene rings is 1. The maximum atomic E-state index is 5.46. The molecule has 1 N–H and O–H groups in total. The van der Waals surface area contributed by atoms with Gasteiger partial charge in [0.15, 0.2) is 0 Å². The number of nitrogens with zero attached hydrogens (tertiary/aromatic N) is 1. The summed E-state index contributed by atoms with van der Waals surface area (Å²) in [6.45, 7) is 5.57. The second-order valence-electron chi connectivity index (χ2n) is 5.00. The first-order valence-corrected chi connectivity index (χ1v) is 7.06. The summed E-state index contributed by atoms with van der Waals surface area (Å²) in [5, 5.41) is 3.53. The highest BCUT2D eigenvalue weighted by atomic mass is 16.5. The van der Waals surface area contributed by atoms with E-state index < -0.39 is 0 Å². The predicted octanol–water partition coefficient (Wildman–Crippen LogP) is 3.29. The van der Waals surface area contributed by atoms with Gasteiger partial charge in [0.2, 0.25) is 0 Å². The molecule has 4 nitrogen and oxygen atoms in total. The van der Waals surface area contributed by atoms with Crippen LogP contribution >= 0.6 is 0 Å². The molecule has 0 bridgehead atoms. The van der Waals surface area contributed by atoms with E-state index >= 15 is 0 Å². The Labute approximate surface area is 119 Å². The van der Waals surface area contributed by atoms with Gasteiger partial charge < -0.3 is 19.4 Å². The molecule has 1 fully saturated rings. The van der Waals surface area contributed by atoms with E-state index in [-0.39, 0.29) is 6.04 Å². The highest BCUT2D eigenvalue weighted by Gasteiger charge is 2.16. The average Bonchev–Trinajstić information content (AvgIpc) is 3.03. The first-order chi connectivity index (χ1) is 9.84. The van der Waals surface area contributed by atoms with Gasteiger partial charge in [-0.3, -0.25) is 0 Å². The molecule has 1 aromatic heterocycles. The zero-order chi connectivity index (χ0) is 13.8. The van der Waals surface area contributed by atoms with Crippen molar-refractivity contribution < 1.29 is 9.15 Å². The lowest BCUT2D eigenvalue weighted by Crippen LogP contribution is -2.36. The van der Waals surface area contributed by atoms with Crippen LogP contribution in [0.1, 0.15) is 18.7 Å². The molecule has 0 aliphatic carbocycles. The van der Waals surface area contributed by atoms with Crippen LogP contribution in [-0.4, -0.2) is 26.3 Å². The third-order valence-corrected chi connectivity index (χ3v) is 3.60. The van der Waals surface area contributed by atoms with E-state index in [0.717, 1.165) is 37.8 Å². The van der Waals surface area contributed by atoms with Crippen molar-refractivity contribution in [2.45, 2.75) is 13.0 Å². The Kier molecular flexibility index (Phi) is 3.92. The molecule has 1 saturated heterocycles. The van der Waals surface area contributed by atoms with Crippen molar-refractivity contribution in [3.05, 3.63) is 48.4 Å². The highest BCUT2D eigenvalue weighted by Crippen LogP contribution is 2.29. The van der Waals surface area contributed by atoms with Gasteiger partial charge in [0.05, 0.1) is 36.9 Å². The number of anilines is 2. The van der Waals surface area contributed by atoms with Gasteiger partial charge in [-0.25, -0.2) is 0 Å². The summed E-state index contributed by atoms with van der Waals surface area (Å²) in [4.78, 5) is 2.36. The average molecular weight is 272 g/mol. The molecule has 1 atom stereocenters. The number of para-hydroxylation sites is 2. The van der Waals surface area contributed by atoms with Crippen LogP contribution in [0, 0.1) is 0 Å². The van der Waals surface area contributed by atoms with Crippen LogP contribution in [-0.2, 0) is 4.74 Å². The summed E-state index contributed by atoms with van der Waals surface area (Å²) in [5.41, 5.74) is 2.37.